The number of halogens is 4. The van der Waals surface area contributed by atoms with Gasteiger partial charge in [-0.1, -0.05) is 35.9 Å². The van der Waals surface area contributed by atoms with Crippen molar-refractivity contribution in [1.82, 2.24) is 0 Å². The lowest BCUT2D eigenvalue weighted by Gasteiger charge is -2.28. The number of alkyl halides is 3. The molecule has 9 heteroatoms. The van der Waals surface area contributed by atoms with Crippen LogP contribution in [0.3, 0.4) is 0 Å². The number of hydrogen-bond donors (Lipinski definition) is 0. The van der Waals surface area contributed by atoms with Crippen molar-refractivity contribution >= 4 is 29.3 Å². The van der Waals surface area contributed by atoms with E-state index >= 15 is 0 Å². The highest BCUT2D eigenvalue weighted by Gasteiger charge is 2.35. The highest BCUT2D eigenvalue weighted by Crippen LogP contribution is 2.37. The van der Waals surface area contributed by atoms with E-state index in [0.717, 1.165) is 29.8 Å². The van der Waals surface area contributed by atoms with E-state index in [9.17, 15) is 27.6 Å². The quantitative estimate of drug-likeness (QED) is 0.196. The molecule has 5 nitrogen and oxygen atoms in total. The highest BCUT2D eigenvalue weighted by molar-refractivity contribution is 6.30. The van der Waals surface area contributed by atoms with Gasteiger partial charge in [0.05, 0.1) is 16.4 Å². The summed E-state index contributed by atoms with van der Waals surface area (Å²) in [5, 5.41) is 0.492. The van der Waals surface area contributed by atoms with Gasteiger partial charge in [-0.25, -0.2) is 0 Å². The molecule has 196 valence electrons. The van der Waals surface area contributed by atoms with Crippen LogP contribution in [-0.2, 0) is 25.2 Å². The topological polar surface area (TPSA) is 69.7 Å². The fourth-order valence-corrected chi connectivity index (χ4v) is 3.60. The van der Waals surface area contributed by atoms with Crippen LogP contribution >= 0.6 is 11.6 Å². The summed E-state index contributed by atoms with van der Waals surface area (Å²) >= 11 is 5.99. The first kappa shape index (κ1) is 29.4. The second kappa shape index (κ2) is 11.5. The molecule has 2 aromatic rings. The molecule has 0 aliphatic heterocycles. The summed E-state index contributed by atoms with van der Waals surface area (Å²) in [5.41, 5.74) is -1.79. The number of carbonyl (C=O) groups excluding carboxylic acids is 3. The summed E-state index contributed by atoms with van der Waals surface area (Å²) in [4.78, 5) is 37.6. The Bertz CT molecular complexity index is 1070. The highest BCUT2D eigenvalue weighted by atomic mass is 35.5. The molecule has 0 fully saturated rings. The first-order valence-electron chi connectivity index (χ1n) is 11.3. The Morgan fingerprint density at radius 2 is 1.36 bits per heavy atom. The third-order valence-corrected chi connectivity index (χ3v) is 5.86. The van der Waals surface area contributed by atoms with Gasteiger partial charge in [-0.05, 0) is 76.8 Å². The van der Waals surface area contributed by atoms with Gasteiger partial charge in [0.15, 0.2) is 5.78 Å². The average molecular weight is 527 g/mol. The molecule has 0 radical (unpaired) electrons. The van der Waals surface area contributed by atoms with Crippen LogP contribution in [0.15, 0.2) is 48.5 Å². The molecular formula is C27H30ClF3O5. The molecule has 1 atom stereocenters. The summed E-state index contributed by atoms with van der Waals surface area (Å²) in [6.07, 6.45) is -4.37. The maximum absolute atomic E-state index is 13.0. The predicted octanol–water partition coefficient (Wildman–Crippen LogP) is 7.22. The fourth-order valence-electron chi connectivity index (χ4n) is 3.48. The molecule has 36 heavy (non-hydrogen) atoms. The maximum Gasteiger partial charge on any atom is 0.416 e. The maximum atomic E-state index is 13.0. The first-order valence-corrected chi connectivity index (χ1v) is 11.7. The lowest BCUT2D eigenvalue weighted by molar-refractivity contribution is -0.178. The van der Waals surface area contributed by atoms with Crippen LogP contribution in [0.1, 0.15) is 74.9 Å². The Labute approximate surface area is 213 Å². The first-order chi connectivity index (χ1) is 16.5. The monoisotopic (exact) mass is 526 g/mol. The number of Topliss-reactive ketones (excluding diaryl/α,β-unsaturated/α-hetero) is 1. The van der Waals surface area contributed by atoms with Crippen molar-refractivity contribution in [1.29, 1.82) is 0 Å². The third-order valence-electron chi connectivity index (χ3n) is 5.61. The minimum Gasteiger partial charge on any atom is -0.427 e. The van der Waals surface area contributed by atoms with Crippen molar-refractivity contribution < 1.29 is 37.0 Å². The van der Waals surface area contributed by atoms with Crippen molar-refractivity contribution in [3.63, 3.8) is 0 Å². The summed E-state index contributed by atoms with van der Waals surface area (Å²) in [5.74, 6) is -1.97. The van der Waals surface area contributed by atoms with E-state index in [1.165, 1.54) is 0 Å². The molecular weight excluding hydrogens is 497 g/mol. The lowest BCUT2D eigenvalue weighted by atomic mass is 9.77. The molecule has 2 rings (SSSR count). The van der Waals surface area contributed by atoms with Gasteiger partial charge >= 0.3 is 18.1 Å². The normalized spacial score (nSPS) is 13.1. The van der Waals surface area contributed by atoms with Crippen LogP contribution in [0.25, 0.3) is 0 Å². The molecule has 0 saturated heterocycles. The van der Waals surface area contributed by atoms with E-state index in [0.29, 0.717) is 5.02 Å². The Morgan fingerprint density at radius 3 is 1.86 bits per heavy atom. The largest absolute Gasteiger partial charge is 0.427 e. The number of hydrogen-bond acceptors (Lipinski definition) is 5. The minimum atomic E-state index is -4.50. The molecule has 0 saturated carbocycles. The lowest BCUT2D eigenvalue weighted by Crippen LogP contribution is -2.31. The van der Waals surface area contributed by atoms with E-state index in [2.05, 4.69) is 0 Å². The van der Waals surface area contributed by atoms with Crippen molar-refractivity contribution in [3.8, 4) is 0 Å². The molecule has 0 aromatic heterocycles. The average Bonchev–Trinajstić information content (AvgIpc) is 2.77. The van der Waals surface area contributed by atoms with Crippen LogP contribution in [0.4, 0.5) is 13.2 Å². The molecule has 0 N–H and O–H groups in total. The summed E-state index contributed by atoms with van der Waals surface area (Å²) in [6, 6.07) is 10.8. The van der Waals surface area contributed by atoms with Crippen molar-refractivity contribution in [2.24, 2.45) is 10.8 Å². The van der Waals surface area contributed by atoms with Gasteiger partial charge in [-0.15, -0.1) is 0 Å². The van der Waals surface area contributed by atoms with Gasteiger partial charge in [0.25, 0.3) is 0 Å². The number of rotatable bonds is 9. The Hall–Kier alpha value is -2.87. The van der Waals surface area contributed by atoms with Gasteiger partial charge in [0.2, 0.25) is 6.79 Å². The molecule has 2 aromatic carbocycles. The van der Waals surface area contributed by atoms with Crippen LogP contribution in [0, 0.1) is 10.8 Å². The van der Waals surface area contributed by atoms with Crippen LogP contribution in [-0.4, -0.2) is 24.5 Å². The standard InChI is InChI=1S/C27H30ClF3O5/c1-25(2,3)23(33)35-16-36-24(34)26(4,5)15-19(17-8-12-21(28)13-9-17)14-22(32)18-6-10-20(11-7-18)27(29,30)31/h6-13,19H,14-16H2,1-5H3. The number of esters is 2. The number of ether oxygens (including phenoxy) is 2. The zero-order chi connectivity index (χ0) is 27.3. The molecule has 0 bridgehead atoms. The molecule has 0 aliphatic carbocycles. The predicted molar refractivity (Wildman–Crippen MR) is 129 cm³/mol. The smallest absolute Gasteiger partial charge is 0.416 e. The summed E-state index contributed by atoms with van der Waals surface area (Å²) < 4.78 is 48.8. The second-order valence-corrected chi connectivity index (χ2v) is 10.7. The van der Waals surface area contributed by atoms with Gasteiger partial charge in [-0.2, -0.15) is 13.2 Å². The van der Waals surface area contributed by atoms with Crippen molar-refractivity contribution in [2.45, 2.75) is 59.6 Å². The number of ketones is 1. The summed E-state index contributed by atoms with van der Waals surface area (Å²) in [7, 11) is 0. The second-order valence-electron chi connectivity index (χ2n) is 10.3. The molecule has 1 unspecified atom stereocenters. The minimum absolute atomic E-state index is 0.0529. The Balaban J connectivity index is 2.18. The van der Waals surface area contributed by atoms with E-state index in [1.807, 2.05) is 0 Å². The van der Waals surface area contributed by atoms with Gasteiger partial charge < -0.3 is 9.47 Å². The molecule has 0 aliphatic rings. The van der Waals surface area contributed by atoms with E-state index in [1.54, 1.807) is 58.9 Å². The van der Waals surface area contributed by atoms with E-state index in [-0.39, 0.29) is 24.2 Å². The van der Waals surface area contributed by atoms with Gasteiger partial charge in [0.1, 0.15) is 0 Å². The SMILES string of the molecule is CC(C)(C)C(=O)OCOC(=O)C(C)(C)CC(CC(=O)c1ccc(C(F)(F)F)cc1)c1ccc(Cl)cc1. The Morgan fingerprint density at radius 1 is 0.833 bits per heavy atom. The van der Waals surface area contributed by atoms with Crippen LogP contribution in [0.5, 0.6) is 0 Å². The zero-order valence-electron chi connectivity index (χ0n) is 20.9. The molecule has 0 spiro atoms. The van der Waals surface area contributed by atoms with E-state index < -0.39 is 47.2 Å². The van der Waals surface area contributed by atoms with Crippen molar-refractivity contribution in [2.75, 3.05) is 6.79 Å². The molecule has 0 heterocycles. The third kappa shape index (κ3) is 8.36. The number of benzene rings is 2. The summed E-state index contributed by atoms with van der Waals surface area (Å²) in [6.45, 7) is 7.77. The number of carbonyl (C=O) groups is 3. The van der Waals surface area contributed by atoms with Gasteiger partial charge in [-0.3, -0.25) is 14.4 Å². The Kier molecular flexibility index (Phi) is 9.34. The van der Waals surface area contributed by atoms with E-state index in [4.69, 9.17) is 21.1 Å². The van der Waals surface area contributed by atoms with Crippen LogP contribution < -0.4 is 0 Å². The van der Waals surface area contributed by atoms with Gasteiger partial charge in [0, 0.05) is 17.0 Å². The fraction of sp³-hybridized carbons (Fsp3) is 0.444. The van der Waals surface area contributed by atoms with Crippen LogP contribution in [0.2, 0.25) is 5.02 Å². The zero-order valence-corrected chi connectivity index (χ0v) is 21.6. The van der Waals surface area contributed by atoms with Crippen molar-refractivity contribution in [3.05, 3.63) is 70.2 Å². The molecule has 0 amide bonds.